The lowest BCUT2D eigenvalue weighted by molar-refractivity contribution is -0.136. The summed E-state index contributed by atoms with van der Waals surface area (Å²) >= 11 is 5.65. The van der Waals surface area contributed by atoms with Crippen LogP contribution in [-0.2, 0) is 19.2 Å². The first-order valence-electron chi connectivity index (χ1n) is 6.59. The third-order valence-electron chi connectivity index (χ3n) is 2.31. The van der Waals surface area contributed by atoms with Crippen LogP contribution in [0.3, 0.4) is 0 Å². The molecule has 0 saturated carbocycles. The standard InChI is InChI=1S/C13H22ClNO4/c1-4-6-7-8-9-19-15-11(12(16)10(3)14)13(17)18-5-2/h10H,4-9H2,1-3H3/b15-11+. The molecule has 5 nitrogen and oxygen atoms in total. The average Bonchev–Trinajstić information content (AvgIpc) is 2.37. The Morgan fingerprint density at radius 1 is 1.21 bits per heavy atom. The van der Waals surface area contributed by atoms with Crippen molar-refractivity contribution in [2.45, 2.75) is 51.8 Å². The van der Waals surface area contributed by atoms with Gasteiger partial charge in [-0.05, 0) is 26.7 Å². The van der Waals surface area contributed by atoms with Gasteiger partial charge in [-0.25, -0.2) is 4.79 Å². The summed E-state index contributed by atoms with van der Waals surface area (Å²) in [6.45, 7) is 5.76. The van der Waals surface area contributed by atoms with Crippen molar-refractivity contribution in [1.29, 1.82) is 0 Å². The second kappa shape index (κ2) is 10.8. The highest BCUT2D eigenvalue weighted by molar-refractivity contribution is 6.68. The lowest BCUT2D eigenvalue weighted by Crippen LogP contribution is -2.31. The quantitative estimate of drug-likeness (QED) is 0.155. The Bertz CT molecular complexity index is 316. The van der Waals surface area contributed by atoms with Gasteiger partial charge in [-0.2, -0.15) is 0 Å². The zero-order valence-corrected chi connectivity index (χ0v) is 12.5. The SMILES string of the molecule is CCCCCCO/N=C(/C(=O)OCC)C(=O)C(C)Cl. The van der Waals surface area contributed by atoms with E-state index in [1.54, 1.807) is 6.92 Å². The molecule has 0 fully saturated rings. The predicted molar refractivity (Wildman–Crippen MR) is 74.5 cm³/mol. The number of ketones is 1. The van der Waals surface area contributed by atoms with E-state index in [9.17, 15) is 9.59 Å². The molecule has 1 atom stereocenters. The maximum absolute atomic E-state index is 11.7. The van der Waals surface area contributed by atoms with Gasteiger partial charge in [0.1, 0.15) is 6.61 Å². The molecule has 0 radical (unpaired) electrons. The van der Waals surface area contributed by atoms with E-state index in [-0.39, 0.29) is 12.3 Å². The third kappa shape index (κ3) is 7.82. The zero-order chi connectivity index (χ0) is 14.7. The van der Waals surface area contributed by atoms with Crippen LogP contribution in [0.5, 0.6) is 0 Å². The van der Waals surface area contributed by atoms with E-state index in [0.717, 1.165) is 25.7 Å². The maximum atomic E-state index is 11.7. The second-order valence-electron chi connectivity index (χ2n) is 4.03. The Morgan fingerprint density at radius 3 is 2.42 bits per heavy atom. The number of unbranched alkanes of at least 4 members (excludes halogenated alkanes) is 3. The highest BCUT2D eigenvalue weighted by atomic mass is 35.5. The molecule has 110 valence electrons. The van der Waals surface area contributed by atoms with Crippen LogP contribution in [-0.4, -0.2) is 36.1 Å². The molecule has 0 aromatic heterocycles. The van der Waals surface area contributed by atoms with Gasteiger partial charge >= 0.3 is 5.97 Å². The van der Waals surface area contributed by atoms with Crippen LogP contribution in [0, 0.1) is 0 Å². The Morgan fingerprint density at radius 2 is 1.89 bits per heavy atom. The summed E-state index contributed by atoms with van der Waals surface area (Å²) in [6.07, 6.45) is 4.10. The first kappa shape index (κ1) is 17.9. The summed E-state index contributed by atoms with van der Waals surface area (Å²) in [6, 6.07) is 0. The number of carbonyl (C=O) groups excluding carboxylic acids is 2. The van der Waals surface area contributed by atoms with Gasteiger partial charge in [0.25, 0.3) is 0 Å². The van der Waals surface area contributed by atoms with Crippen molar-refractivity contribution in [1.82, 2.24) is 0 Å². The summed E-state index contributed by atoms with van der Waals surface area (Å²) in [5.41, 5.74) is -0.375. The number of carbonyl (C=O) groups is 2. The number of ether oxygens (including phenoxy) is 1. The van der Waals surface area contributed by atoms with Crippen molar-refractivity contribution < 1.29 is 19.2 Å². The van der Waals surface area contributed by atoms with Crippen LogP contribution in [0.25, 0.3) is 0 Å². The number of Topliss-reactive ketones (excluding diaryl/α,β-unsaturated/α-hetero) is 1. The molecule has 0 bridgehead atoms. The molecule has 0 aliphatic carbocycles. The monoisotopic (exact) mass is 291 g/mol. The van der Waals surface area contributed by atoms with Crippen LogP contribution in [0.1, 0.15) is 46.5 Å². The number of nitrogens with zero attached hydrogens (tertiary/aromatic N) is 1. The average molecular weight is 292 g/mol. The Hall–Kier alpha value is -1.10. The van der Waals surface area contributed by atoms with Crippen LogP contribution in [0.2, 0.25) is 0 Å². The molecule has 0 spiro atoms. The smallest absolute Gasteiger partial charge is 0.364 e. The fourth-order valence-corrected chi connectivity index (χ4v) is 1.38. The van der Waals surface area contributed by atoms with E-state index in [1.165, 1.54) is 6.92 Å². The molecule has 0 N–H and O–H groups in total. The highest BCUT2D eigenvalue weighted by Crippen LogP contribution is 2.02. The summed E-state index contributed by atoms with van der Waals surface area (Å²) in [4.78, 5) is 28.2. The van der Waals surface area contributed by atoms with Gasteiger partial charge in [0.05, 0.1) is 12.0 Å². The van der Waals surface area contributed by atoms with Gasteiger partial charge in [-0.3, -0.25) is 4.79 Å². The Kier molecular flexibility index (Phi) is 10.2. The first-order chi connectivity index (χ1) is 9.04. The van der Waals surface area contributed by atoms with E-state index < -0.39 is 17.1 Å². The minimum absolute atomic E-state index is 0.165. The lowest BCUT2D eigenvalue weighted by Gasteiger charge is -2.06. The number of rotatable bonds is 10. The van der Waals surface area contributed by atoms with Crippen molar-refractivity contribution >= 4 is 29.1 Å². The number of esters is 1. The Balaban J connectivity index is 4.40. The van der Waals surface area contributed by atoms with Crippen LogP contribution in [0.15, 0.2) is 5.16 Å². The largest absolute Gasteiger partial charge is 0.461 e. The molecule has 0 rings (SSSR count). The van der Waals surface area contributed by atoms with Gasteiger partial charge in [0.2, 0.25) is 11.5 Å². The summed E-state index contributed by atoms with van der Waals surface area (Å²) < 4.78 is 4.74. The maximum Gasteiger partial charge on any atom is 0.364 e. The third-order valence-corrected chi connectivity index (χ3v) is 2.51. The van der Waals surface area contributed by atoms with Crippen molar-refractivity contribution in [3.8, 4) is 0 Å². The predicted octanol–water partition coefficient (Wildman–Crippen LogP) is 2.70. The molecular weight excluding hydrogens is 270 g/mol. The molecule has 0 aliphatic heterocycles. The van der Waals surface area contributed by atoms with Gasteiger partial charge < -0.3 is 9.57 Å². The lowest BCUT2D eigenvalue weighted by atomic mass is 10.2. The fraction of sp³-hybridized carbons (Fsp3) is 0.769. The number of alkyl halides is 1. The minimum atomic E-state index is -0.841. The molecule has 0 saturated heterocycles. The molecule has 0 aromatic rings. The van der Waals surface area contributed by atoms with Crippen LogP contribution >= 0.6 is 11.6 Å². The molecular formula is C13H22ClNO4. The number of oxime groups is 1. The van der Waals surface area contributed by atoms with E-state index in [2.05, 4.69) is 12.1 Å². The normalized spacial score (nSPS) is 12.9. The van der Waals surface area contributed by atoms with Gasteiger partial charge in [0.15, 0.2) is 0 Å². The number of hydrogen-bond acceptors (Lipinski definition) is 5. The van der Waals surface area contributed by atoms with Gasteiger partial charge in [-0.15, -0.1) is 11.6 Å². The van der Waals surface area contributed by atoms with Crippen molar-refractivity contribution in [2.75, 3.05) is 13.2 Å². The van der Waals surface area contributed by atoms with E-state index in [0.29, 0.717) is 6.61 Å². The van der Waals surface area contributed by atoms with Gasteiger partial charge in [0, 0.05) is 0 Å². The summed E-state index contributed by atoms with van der Waals surface area (Å²) in [5.74, 6) is -1.39. The molecule has 1 unspecified atom stereocenters. The molecule has 6 heteroatoms. The van der Waals surface area contributed by atoms with Crippen LogP contribution < -0.4 is 0 Å². The molecule has 0 heterocycles. The summed E-state index contributed by atoms with van der Waals surface area (Å²) in [5, 5.41) is 2.73. The fourth-order valence-electron chi connectivity index (χ4n) is 1.27. The van der Waals surface area contributed by atoms with Gasteiger partial charge in [-0.1, -0.05) is 24.9 Å². The van der Waals surface area contributed by atoms with Crippen LogP contribution in [0.4, 0.5) is 0 Å². The van der Waals surface area contributed by atoms with Crippen molar-refractivity contribution in [3.05, 3.63) is 0 Å². The summed E-state index contributed by atoms with van der Waals surface area (Å²) in [7, 11) is 0. The highest BCUT2D eigenvalue weighted by Gasteiger charge is 2.26. The molecule has 0 aromatic carbocycles. The molecule has 19 heavy (non-hydrogen) atoms. The minimum Gasteiger partial charge on any atom is -0.461 e. The van der Waals surface area contributed by atoms with E-state index in [1.807, 2.05) is 0 Å². The number of halogens is 1. The topological polar surface area (TPSA) is 65.0 Å². The van der Waals surface area contributed by atoms with Crippen molar-refractivity contribution in [3.63, 3.8) is 0 Å². The molecule has 0 amide bonds. The Labute approximate surface area is 119 Å². The zero-order valence-electron chi connectivity index (χ0n) is 11.8. The number of hydrogen-bond donors (Lipinski definition) is 0. The van der Waals surface area contributed by atoms with Crippen molar-refractivity contribution in [2.24, 2.45) is 5.16 Å². The second-order valence-corrected chi connectivity index (χ2v) is 4.69. The van der Waals surface area contributed by atoms with E-state index >= 15 is 0 Å². The van der Waals surface area contributed by atoms with E-state index in [4.69, 9.17) is 21.2 Å². The first-order valence-corrected chi connectivity index (χ1v) is 7.03. The molecule has 0 aliphatic rings.